The van der Waals surface area contributed by atoms with Crippen LogP contribution in [0, 0.1) is 5.92 Å². The highest BCUT2D eigenvalue weighted by Crippen LogP contribution is 2.11. The van der Waals surface area contributed by atoms with Crippen molar-refractivity contribution in [3.63, 3.8) is 0 Å². The molecular formula is C8H15FO2. The molecule has 0 bridgehead atoms. The number of esters is 1. The van der Waals surface area contributed by atoms with Gasteiger partial charge in [-0.05, 0) is 19.8 Å². The lowest BCUT2D eigenvalue weighted by Crippen LogP contribution is -2.15. The lowest BCUT2D eigenvalue weighted by atomic mass is 10.0. The van der Waals surface area contributed by atoms with Gasteiger partial charge in [-0.25, -0.2) is 4.39 Å². The zero-order valence-corrected chi connectivity index (χ0v) is 7.26. The van der Waals surface area contributed by atoms with Gasteiger partial charge in [-0.2, -0.15) is 0 Å². The Morgan fingerprint density at radius 2 is 2.09 bits per heavy atom. The third-order valence-electron chi connectivity index (χ3n) is 1.58. The van der Waals surface area contributed by atoms with Crippen LogP contribution >= 0.6 is 0 Å². The van der Waals surface area contributed by atoms with Gasteiger partial charge < -0.3 is 4.74 Å². The Bertz CT molecular complexity index is 123. The summed E-state index contributed by atoms with van der Waals surface area (Å²) in [4.78, 5) is 10.8. The van der Waals surface area contributed by atoms with Gasteiger partial charge in [0, 0.05) is 0 Å². The van der Waals surface area contributed by atoms with E-state index in [0.717, 1.165) is 0 Å². The van der Waals surface area contributed by atoms with Crippen LogP contribution in [0.3, 0.4) is 0 Å². The van der Waals surface area contributed by atoms with E-state index in [-0.39, 0.29) is 18.3 Å². The van der Waals surface area contributed by atoms with E-state index in [0.29, 0.717) is 6.61 Å². The summed E-state index contributed by atoms with van der Waals surface area (Å²) >= 11 is 0. The average Bonchev–Trinajstić information content (AvgIpc) is 1.87. The van der Waals surface area contributed by atoms with E-state index in [9.17, 15) is 9.18 Å². The number of carbonyl (C=O) groups is 1. The van der Waals surface area contributed by atoms with Gasteiger partial charge in [0.15, 0.2) is 0 Å². The van der Waals surface area contributed by atoms with Crippen LogP contribution in [0.4, 0.5) is 4.39 Å². The van der Waals surface area contributed by atoms with Gasteiger partial charge in [-0.1, -0.05) is 6.92 Å². The predicted octanol–water partition coefficient (Wildman–Crippen LogP) is 1.93. The lowest BCUT2D eigenvalue weighted by molar-refractivity contribution is -0.144. The van der Waals surface area contributed by atoms with Crippen molar-refractivity contribution in [3.8, 4) is 0 Å². The molecule has 2 nitrogen and oxygen atoms in total. The number of carbonyl (C=O) groups excluding carboxylic acids is 1. The number of ether oxygens (including phenoxy) is 1. The van der Waals surface area contributed by atoms with Crippen LogP contribution < -0.4 is 0 Å². The second-order valence-corrected chi connectivity index (χ2v) is 2.66. The Hall–Kier alpha value is -0.600. The number of hydrogen-bond donors (Lipinski definition) is 0. The predicted molar refractivity (Wildman–Crippen MR) is 41.0 cm³/mol. The molecule has 0 aromatic heterocycles. The summed E-state index contributed by atoms with van der Waals surface area (Å²) in [6, 6.07) is 0. The largest absolute Gasteiger partial charge is 0.466 e. The first-order valence-corrected chi connectivity index (χ1v) is 3.87. The van der Waals surface area contributed by atoms with E-state index >= 15 is 0 Å². The van der Waals surface area contributed by atoms with Crippen molar-refractivity contribution in [2.24, 2.45) is 5.92 Å². The van der Waals surface area contributed by atoms with Gasteiger partial charge in [-0.15, -0.1) is 0 Å². The van der Waals surface area contributed by atoms with Gasteiger partial charge in [0.25, 0.3) is 0 Å². The number of alkyl halides is 1. The zero-order chi connectivity index (χ0) is 8.85. The van der Waals surface area contributed by atoms with Gasteiger partial charge in [-0.3, -0.25) is 4.79 Å². The molecule has 66 valence electrons. The lowest BCUT2D eigenvalue weighted by Gasteiger charge is -2.10. The van der Waals surface area contributed by atoms with E-state index in [4.69, 9.17) is 0 Å². The first kappa shape index (κ1) is 10.4. The normalized spacial score (nSPS) is 15.6. The summed E-state index contributed by atoms with van der Waals surface area (Å²) in [6.45, 7) is 5.25. The van der Waals surface area contributed by atoms with Crippen molar-refractivity contribution in [2.45, 2.75) is 33.4 Å². The minimum Gasteiger partial charge on any atom is -0.466 e. The smallest absolute Gasteiger partial charge is 0.306 e. The maximum atomic E-state index is 12.5. The van der Waals surface area contributed by atoms with Gasteiger partial charge in [0.1, 0.15) is 6.17 Å². The van der Waals surface area contributed by atoms with Crippen LogP contribution in [0.25, 0.3) is 0 Å². The summed E-state index contributed by atoms with van der Waals surface area (Å²) in [7, 11) is 0. The van der Waals surface area contributed by atoms with Gasteiger partial charge in [0.2, 0.25) is 0 Å². The Kier molecular flexibility index (Phi) is 4.83. The molecule has 0 rings (SSSR count). The fraction of sp³-hybridized carbons (Fsp3) is 0.875. The molecule has 0 N–H and O–H groups in total. The van der Waals surface area contributed by atoms with Crippen LogP contribution in [0.1, 0.15) is 27.2 Å². The van der Waals surface area contributed by atoms with Crippen molar-refractivity contribution in [1.82, 2.24) is 0 Å². The molecule has 3 heteroatoms. The minimum atomic E-state index is -0.945. The molecule has 0 aromatic carbocycles. The van der Waals surface area contributed by atoms with Crippen LogP contribution in [0.15, 0.2) is 0 Å². The van der Waals surface area contributed by atoms with E-state index in [1.165, 1.54) is 6.92 Å². The van der Waals surface area contributed by atoms with Crippen molar-refractivity contribution in [2.75, 3.05) is 6.61 Å². The van der Waals surface area contributed by atoms with Crippen LogP contribution in [0.5, 0.6) is 0 Å². The van der Waals surface area contributed by atoms with E-state index in [2.05, 4.69) is 4.74 Å². The Morgan fingerprint density at radius 3 is 2.45 bits per heavy atom. The molecule has 0 aliphatic heterocycles. The van der Waals surface area contributed by atoms with Crippen LogP contribution in [-0.2, 0) is 9.53 Å². The topological polar surface area (TPSA) is 26.3 Å². The summed E-state index contributed by atoms with van der Waals surface area (Å²) in [6.07, 6.45) is -0.773. The number of rotatable bonds is 4. The first-order chi connectivity index (χ1) is 5.07. The molecule has 0 spiro atoms. The molecule has 0 aromatic rings. The third kappa shape index (κ3) is 4.76. The monoisotopic (exact) mass is 162 g/mol. The van der Waals surface area contributed by atoms with E-state index in [1.54, 1.807) is 13.8 Å². The van der Waals surface area contributed by atoms with Crippen molar-refractivity contribution >= 4 is 5.97 Å². The fourth-order valence-corrected chi connectivity index (χ4v) is 0.645. The molecule has 0 heterocycles. The molecule has 2 atom stereocenters. The number of halogens is 1. The zero-order valence-electron chi connectivity index (χ0n) is 7.26. The second kappa shape index (κ2) is 5.10. The summed E-state index contributed by atoms with van der Waals surface area (Å²) in [5.41, 5.74) is 0. The average molecular weight is 162 g/mol. The molecule has 11 heavy (non-hydrogen) atoms. The highest BCUT2D eigenvalue weighted by Gasteiger charge is 2.15. The minimum absolute atomic E-state index is 0.172. The summed E-state index contributed by atoms with van der Waals surface area (Å²) in [5, 5.41) is 0. The summed E-state index contributed by atoms with van der Waals surface area (Å²) in [5.74, 6) is -0.557. The molecule has 0 saturated heterocycles. The molecule has 0 radical (unpaired) electrons. The Balaban J connectivity index is 3.57. The molecular weight excluding hydrogens is 147 g/mol. The first-order valence-electron chi connectivity index (χ1n) is 3.87. The Morgan fingerprint density at radius 1 is 1.55 bits per heavy atom. The molecule has 0 saturated carbocycles. The standard InChI is InChI=1S/C8H15FO2/c1-4-11-8(10)5-6(2)7(3)9/h6-7H,4-5H2,1-3H3/t6-,7+/m0/s1. The molecule has 0 unspecified atom stereocenters. The van der Waals surface area contributed by atoms with E-state index < -0.39 is 6.17 Å². The Labute approximate surface area is 66.7 Å². The van der Waals surface area contributed by atoms with Gasteiger partial charge in [0.05, 0.1) is 13.0 Å². The molecule has 0 aliphatic carbocycles. The fourth-order valence-electron chi connectivity index (χ4n) is 0.645. The SMILES string of the molecule is CCOC(=O)C[C@H](C)[C@@H](C)F. The van der Waals surface area contributed by atoms with Crippen LogP contribution in [-0.4, -0.2) is 18.7 Å². The maximum Gasteiger partial charge on any atom is 0.306 e. The van der Waals surface area contributed by atoms with Crippen LogP contribution in [0.2, 0.25) is 0 Å². The van der Waals surface area contributed by atoms with Crippen molar-refractivity contribution < 1.29 is 13.9 Å². The number of hydrogen-bond acceptors (Lipinski definition) is 2. The maximum absolute atomic E-state index is 12.5. The summed E-state index contributed by atoms with van der Waals surface area (Å²) < 4.78 is 17.1. The quantitative estimate of drug-likeness (QED) is 0.590. The van der Waals surface area contributed by atoms with Gasteiger partial charge >= 0.3 is 5.97 Å². The van der Waals surface area contributed by atoms with Crippen molar-refractivity contribution in [1.29, 1.82) is 0 Å². The van der Waals surface area contributed by atoms with E-state index in [1.807, 2.05) is 0 Å². The molecule has 0 fully saturated rings. The third-order valence-corrected chi connectivity index (χ3v) is 1.58. The van der Waals surface area contributed by atoms with Crippen molar-refractivity contribution in [3.05, 3.63) is 0 Å². The second-order valence-electron chi connectivity index (χ2n) is 2.66. The highest BCUT2D eigenvalue weighted by molar-refractivity contribution is 5.69. The molecule has 0 aliphatic rings. The highest BCUT2D eigenvalue weighted by atomic mass is 19.1. The molecule has 0 amide bonds.